The number of nitrogens with two attached hydrogens (primary N) is 1. The number of hydrogen-bond donors (Lipinski definition) is 1. The van der Waals surface area contributed by atoms with E-state index in [0.717, 1.165) is 17.6 Å². The Morgan fingerprint density at radius 1 is 1.12 bits per heavy atom. The molecule has 0 bridgehead atoms. The average molecular weight is 237 g/mol. The fraction of sp³-hybridized carbons (Fsp3) is 0.385. The van der Waals surface area contributed by atoms with Crippen LogP contribution in [0.3, 0.4) is 0 Å². The van der Waals surface area contributed by atoms with Crippen molar-refractivity contribution in [1.29, 1.82) is 0 Å². The third-order valence-corrected chi connectivity index (χ3v) is 2.52. The molecule has 0 atom stereocenters. The van der Waals surface area contributed by atoms with E-state index in [0.29, 0.717) is 23.8 Å². The van der Waals surface area contributed by atoms with E-state index in [1.54, 1.807) is 21.3 Å². The van der Waals surface area contributed by atoms with Crippen LogP contribution >= 0.6 is 0 Å². The maximum absolute atomic E-state index is 5.52. The molecule has 0 aliphatic carbocycles. The predicted octanol–water partition coefficient (Wildman–Crippen LogP) is 2.07. The van der Waals surface area contributed by atoms with E-state index < -0.39 is 0 Å². The second-order valence-electron chi connectivity index (χ2n) is 3.56. The Hall–Kier alpha value is -1.68. The fourth-order valence-electron chi connectivity index (χ4n) is 1.60. The van der Waals surface area contributed by atoms with E-state index in [1.807, 2.05) is 12.1 Å². The molecule has 1 aromatic carbocycles. The molecular weight excluding hydrogens is 218 g/mol. The minimum atomic E-state index is 0.565. The Morgan fingerprint density at radius 3 is 2.00 bits per heavy atom. The summed E-state index contributed by atoms with van der Waals surface area (Å²) in [4.78, 5) is 0. The number of methoxy groups -OCH3 is 3. The van der Waals surface area contributed by atoms with Crippen LogP contribution in [-0.4, -0.2) is 27.9 Å². The molecule has 0 saturated carbocycles. The Morgan fingerprint density at radius 2 is 1.65 bits per heavy atom. The van der Waals surface area contributed by atoms with Crippen LogP contribution in [-0.2, 0) is 0 Å². The predicted molar refractivity (Wildman–Crippen MR) is 68.8 cm³/mol. The first-order chi connectivity index (χ1) is 8.17. The zero-order chi connectivity index (χ0) is 12.8. The molecule has 94 valence electrons. The summed E-state index contributed by atoms with van der Waals surface area (Å²) in [5, 5.41) is 0. The highest BCUT2D eigenvalue weighted by Crippen LogP contribution is 2.39. The maximum atomic E-state index is 5.52. The van der Waals surface area contributed by atoms with Gasteiger partial charge in [-0.3, -0.25) is 0 Å². The summed E-state index contributed by atoms with van der Waals surface area (Å²) in [7, 11) is 4.76. The molecule has 1 aromatic rings. The van der Waals surface area contributed by atoms with Crippen LogP contribution in [0.15, 0.2) is 18.7 Å². The van der Waals surface area contributed by atoms with Crippen LogP contribution < -0.4 is 19.9 Å². The van der Waals surface area contributed by atoms with Gasteiger partial charge in [-0.1, -0.05) is 6.58 Å². The molecule has 0 aliphatic rings. The van der Waals surface area contributed by atoms with Crippen LogP contribution in [0.2, 0.25) is 0 Å². The normalized spacial score (nSPS) is 9.88. The van der Waals surface area contributed by atoms with Crippen molar-refractivity contribution in [2.75, 3.05) is 27.9 Å². The van der Waals surface area contributed by atoms with Gasteiger partial charge in [0.25, 0.3) is 0 Å². The topological polar surface area (TPSA) is 53.7 Å². The van der Waals surface area contributed by atoms with Gasteiger partial charge < -0.3 is 19.9 Å². The molecule has 4 heteroatoms. The van der Waals surface area contributed by atoms with Crippen molar-refractivity contribution >= 4 is 5.57 Å². The molecule has 17 heavy (non-hydrogen) atoms. The lowest BCUT2D eigenvalue weighted by molar-refractivity contribution is 0.324. The second kappa shape index (κ2) is 6.15. The lowest BCUT2D eigenvalue weighted by Gasteiger charge is -2.14. The Kier molecular flexibility index (Phi) is 4.84. The average Bonchev–Trinajstić information content (AvgIpc) is 2.37. The van der Waals surface area contributed by atoms with Crippen LogP contribution in [0.5, 0.6) is 17.2 Å². The number of rotatable bonds is 6. The molecule has 0 saturated heterocycles. The minimum Gasteiger partial charge on any atom is -0.493 e. The van der Waals surface area contributed by atoms with Gasteiger partial charge in [0.15, 0.2) is 11.5 Å². The highest BCUT2D eigenvalue weighted by atomic mass is 16.5. The van der Waals surface area contributed by atoms with Crippen LogP contribution in [0, 0.1) is 0 Å². The molecule has 0 heterocycles. The Balaban J connectivity index is 3.22. The van der Waals surface area contributed by atoms with Gasteiger partial charge in [-0.05, 0) is 36.2 Å². The molecule has 0 aromatic heterocycles. The van der Waals surface area contributed by atoms with E-state index in [-0.39, 0.29) is 0 Å². The standard InChI is InChI=1S/C13H19NO3/c1-9(5-6-14)10-7-11(15-2)13(17-4)12(8-10)16-3/h7-8H,1,5-6,14H2,2-4H3. The zero-order valence-electron chi connectivity index (χ0n) is 10.6. The van der Waals surface area contributed by atoms with Crippen molar-refractivity contribution < 1.29 is 14.2 Å². The largest absolute Gasteiger partial charge is 0.493 e. The van der Waals surface area contributed by atoms with Gasteiger partial charge in [-0.25, -0.2) is 0 Å². The molecule has 0 amide bonds. The van der Waals surface area contributed by atoms with Gasteiger partial charge in [0, 0.05) is 0 Å². The summed E-state index contributed by atoms with van der Waals surface area (Å²) in [6, 6.07) is 3.75. The third kappa shape index (κ3) is 2.91. The zero-order valence-corrected chi connectivity index (χ0v) is 10.6. The van der Waals surface area contributed by atoms with Gasteiger partial charge in [0.2, 0.25) is 5.75 Å². The van der Waals surface area contributed by atoms with Gasteiger partial charge >= 0.3 is 0 Å². The van der Waals surface area contributed by atoms with E-state index in [1.165, 1.54) is 0 Å². The SMILES string of the molecule is C=C(CCN)c1cc(OC)c(OC)c(OC)c1. The molecule has 0 spiro atoms. The van der Waals surface area contributed by atoms with E-state index in [9.17, 15) is 0 Å². The van der Waals surface area contributed by atoms with E-state index in [2.05, 4.69) is 6.58 Å². The van der Waals surface area contributed by atoms with Crippen molar-refractivity contribution in [3.8, 4) is 17.2 Å². The van der Waals surface area contributed by atoms with Crippen molar-refractivity contribution in [2.45, 2.75) is 6.42 Å². The summed E-state index contributed by atoms with van der Waals surface area (Å²) >= 11 is 0. The van der Waals surface area contributed by atoms with Gasteiger partial charge in [0.05, 0.1) is 21.3 Å². The van der Waals surface area contributed by atoms with Crippen molar-refractivity contribution in [3.63, 3.8) is 0 Å². The molecule has 0 aliphatic heterocycles. The van der Waals surface area contributed by atoms with Crippen molar-refractivity contribution in [1.82, 2.24) is 0 Å². The molecule has 0 fully saturated rings. The van der Waals surface area contributed by atoms with Gasteiger partial charge in [-0.2, -0.15) is 0 Å². The third-order valence-electron chi connectivity index (χ3n) is 2.52. The van der Waals surface area contributed by atoms with Crippen LogP contribution in [0.25, 0.3) is 5.57 Å². The quantitative estimate of drug-likeness (QED) is 0.823. The van der Waals surface area contributed by atoms with Gasteiger partial charge in [0.1, 0.15) is 0 Å². The summed E-state index contributed by atoms with van der Waals surface area (Å²) in [5.74, 6) is 1.83. The molecule has 0 unspecified atom stereocenters. The minimum absolute atomic E-state index is 0.565. The molecule has 0 radical (unpaired) electrons. The molecule has 1 rings (SSSR count). The monoisotopic (exact) mass is 237 g/mol. The lowest BCUT2D eigenvalue weighted by atomic mass is 10.0. The first-order valence-corrected chi connectivity index (χ1v) is 5.36. The summed E-state index contributed by atoms with van der Waals surface area (Å²) in [6.07, 6.45) is 0.735. The summed E-state index contributed by atoms with van der Waals surface area (Å²) in [6.45, 7) is 4.55. The summed E-state index contributed by atoms with van der Waals surface area (Å²) in [5.41, 5.74) is 7.42. The summed E-state index contributed by atoms with van der Waals surface area (Å²) < 4.78 is 15.8. The number of benzene rings is 1. The highest BCUT2D eigenvalue weighted by molar-refractivity contribution is 5.69. The molecule has 2 N–H and O–H groups in total. The fourth-order valence-corrected chi connectivity index (χ4v) is 1.60. The smallest absolute Gasteiger partial charge is 0.203 e. The Labute approximate surface area is 102 Å². The second-order valence-corrected chi connectivity index (χ2v) is 3.56. The van der Waals surface area contributed by atoms with Crippen molar-refractivity contribution in [2.24, 2.45) is 5.73 Å². The highest BCUT2D eigenvalue weighted by Gasteiger charge is 2.13. The van der Waals surface area contributed by atoms with Crippen LogP contribution in [0.1, 0.15) is 12.0 Å². The molecular formula is C13H19NO3. The number of hydrogen-bond acceptors (Lipinski definition) is 4. The first-order valence-electron chi connectivity index (χ1n) is 5.36. The van der Waals surface area contributed by atoms with Gasteiger partial charge in [-0.15, -0.1) is 0 Å². The van der Waals surface area contributed by atoms with E-state index in [4.69, 9.17) is 19.9 Å². The Bertz CT molecular complexity index is 377. The van der Waals surface area contributed by atoms with Crippen molar-refractivity contribution in [3.05, 3.63) is 24.3 Å². The molecule has 4 nitrogen and oxygen atoms in total. The van der Waals surface area contributed by atoms with E-state index >= 15 is 0 Å². The first kappa shape index (κ1) is 13.4. The maximum Gasteiger partial charge on any atom is 0.203 e. The van der Waals surface area contributed by atoms with Crippen LogP contribution in [0.4, 0.5) is 0 Å². The lowest BCUT2D eigenvalue weighted by Crippen LogP contribution is -2.01. The number of ether oxygens (including phenoxy) is 3.